The fraction of sp³-hybridized carbons (Fsp3) is 0.588. The Hall–Kier alpha value is -1.90. The normalized spacial score (nSPS) is 20.7. The number of likely N-dealkylation sites (tertiary alicyclic amines) is 1. The van der Waals surface area contributed by atoms with E-state index in [9.17, 15) is 18.0 Å². The molecule has 0 radical (unpaired) electrons. The lowest BCUT2D eigenvalue weighted by Gasteiger charge is -2.19. The molecule has 1 saturated heterocycles. The van der Waals surface area contributed by atoms with E-state index in [1.54, 1.807) is 18.3 Å². The van der Waals surface area contributed by atoms with Gasteiger partial charge in [-0.3, -0.25) is 4.79 Å². The fourth-order valence-electron chi connectivity index (χ4n) is 3.78. The van der Waals surface area contributed by atoms with Crippen LogP contribution in [-0.4, -0.2) is 46.1 Å². The van der Waals surface area contributed by atoms with E-state index in [-0.39, 0.29) is 6.54 Å². The minimum Gasteiger partial charge on any atom is -0.358 e. The van der Waals surface area contributed by atoms with Gasteiger partial charge in [0.15, 0.2) is 0 Å². The van der Waals surface area contributed by atoms with Crippen LogP contribution in [-0.2, 0) is 17.6 Å². The summed E-state index contributed by atoms with van der Waals surface area (Å²) < 4.78 is 37.8. The standard InChI is InChI=1S/C17H19F3N4OS/c1-9-21-14(13-10-4-2-3-5-12(10)26-15(13)22-9)23-11-6-7-24(16(11)25)8-17(18,19)20/h11H,2-8H2,1H3,(H,21,22,23). The number of hydrogen-bond donors (Lipinski definition) is 1. The van der Waals surface area contributed by atoms with Crippen molar-refractivity contribution in [3.8, 4) is 0 Å². The summed E-state index contributed by atoms with van der Waals surface area (Å²) in [6.45, 7) is 0.691. The molecule has 2 aromatic heterocycles. The zero-order valence-electron chi connectivity index (χ0n) is 14.3. The molecular formula is C17H19F3N4OS. The predicted octanol–water partition coefficient (Wildman–Crippen LogP) is 3.45. The predicted molar refractivity (Wildman–Crippen MR) is 93.5 cm³/mol. The van der Waals surface area contributed by atoms with Gasteiger partial charge in [0, 0.05) is 11.4 Å². The Morgan fingerprint density at radius 1 is 1.27 bits per heavy atom. The Morgan fingerprint density at radius 3 is 2.81 bits per heavy atom. The first kappa shape index (κ1) is 17.5. The largest absolute Gasteiger partial charge is 0.406 e. The average molecular weight is 384 g/mol. The molecule has 0 spiro atoms. The van der Waals surface area contributed by atoms with E-state index in [1.807, 2.05) is 0 Å². The van der Waals surface area contributed by atoms with E-state index in [0.717, 1.165) is 40.8 Å². The molecule has 1 fully saturated rings. The Bertz CT molecular complexity index is 864. The molecule has 26 heavy (non-hydrogen) atoms. The molecule has 2 aromatic rings. The summed E-state index contributed by atoms with van der Waals surface area (Å²) in [5.74, 6) is 0.658. The van der Waals surface area contributed by atoms with Crippen LogP contribution < -0.4 is 5.32 Å². The quantitative estimate of drug-likeness (QED) is 0.881. The third kappa shape index (κ3) is 3.24. The number of halogens is 3. The maximum atomic E-state index is 12.6. The van der Waals surface area contributed by atoms with Gasteiger partial charge >= 0.3 is 6.18 Å². The van der Waals surface area contributed by atoms with Gasteiger partial charge in [-0.15, -0.1) is 11.3 Å². The van der Waals surface area contributed by atoms with Gasteiger partial charge in [-0.2, -0.15) is 13.2 Å². The fourth-order valence-corrected chi connectivity index (χ4v) is 5.09. The molecule has 140 valence electrons. The molecule has 1 N–H and O–H groups in total. The SMILES string of the molecule is Cc1nc(NC2CCN(CC(F)(F)F)C2=O)c2c3c(sc2n1)CCCC3. The monoisotopic (exact) mass is 384 g/mol. The first-order chi connectivity index (χ1) is 12.3. The van der Waals surface area contributed by atoms with Crippen molar-refractivity contribution in [1.29, 1.82) is 0 Å². The Balaban J connectivity index is 1.63. The Kier molecular flexibility index (Phi) is 4.29. The van der Waals surface area contributed by atoms with Gasteiger partial charge in [0.1, 0.15) is 29.1 Å². The van der Waals surface area contributed by atoms with Crippen LogP contribution in [0.3, 0.4) is 0 Å². The van der Waals surface area contributed by atoms with E-state index >= 15 is 0 Å². The van der Waals surface area contributed by atoms with Crippen LogP contribution in [0.25, 0.3) is 10.2 Å². The zero-order chi connectivity index (χ0) is 18.5. The topological polar surface area (TPSA) is 58.1 Å². The van der Waals surface area contributed by atoms with Crippen molar-refractivity contribution < 1.29 is 18.0 Å². The van der Waals surface area contributed by atoms with Crippen molar-refractivity contribution >= 4 is 33.3 Å². The highest BCUT2D eigenvalue weighted by atomic mass is 32.1. The van der Waals surface area contributed by atoms with Gasteiger partial charge in [-0.25, -0.2) is 9.97 Å². The van der Waals surface area contributed by atoms with E-state index in [2.05, 4.69) is 15.3 Å². The number of alkyl halides is 3. The smallest absolute Gasteiger partial charge is 0.358 e. The number of rotatable bonds is 3. The molecule has 1 unspecified atom stereocenters. The van der Waals surface area contributed by atoms with Crippen LogP contribution in [0.15, 0.2) is 0 Å². The number of aromatic nitrogens is 2. The summed E-state index contributed by atoms with van der Waals surface area (Å²) in [5, 5.41) is 4.07. The van der Waals surface area contributed by atoms with Crippen molar-refractivity contribution in [2.45, 2.75) is 51.2 Å². The first-order valence-corrected chi connectivity index (χ1v) is 9.54. The van der Waals surface area contributed by atoms with E-state index in [4.69, 9.17) is 0 Å². The lowest BCUT2D eigenvalue weighted by Crippen LogP contribution is -2.39. The van der Waals surface area contributed by atoms with E-state index in [1.165, 1.54) is 10.4 Å². The summed E-state index contributed by atoms with van der Waals surface area (Å²) in [6.07, 6.45) is 0.198. The first-order valence-electron chi connectivity index (χ1n) is 8.73. The summed E-state index contributed by atoms with van der Waals surface area (Å²) in [6, 6.07) is -0.672. The maximum Gasteiger partial charge on any atom is 0.406 e. The summed E-state index contributed by atoms with van der Waals surface area (Å²) in [5.41, 5.74) is 1.23. The molecule has 0 bridgehead atoms. The summed E-state index contributed by atoms with van der Waals surface area (Å²) >= 11 is 1.66. The van der Waals surface area contributed by atoms with Crippen LogP contribution >= 0.6 is 11.3 Å². The van der Waals surface area contributed by atoms with Crippen molar-refractivity contribution in [3.05, 3.63) is 16.3 Å². The maximum absolute atomic E-state index is 12.6. The van der Waals surface area contributed by atoms with Gasteiger partial charge in [0.25, 0.3) is 0 Å². The molecule has 1 aliphatic carbocycles. The number of nitrogens with one attached hydrogen (secondary N) is 1. The molecule has 1 amide bonds. The summed E-state index contributed by atoms with van der Waals surface area (Å²) in [4.78, 5) is 24.4. The lowest BCUT2D eigenvalue weighted by molar-refractivity contribution is -0.157. The van der Waals surface area contributed by atoms with Crippen LogP contribution in [0.2, 0.25) is 0 Å². The average Bonchev–Trinajstić information content (AvgIpc) is 3.08. The number of anilines is 1. The van der Waals surface area contributed by atoms with Gasteiger partial charge in [0.05, 0.1) is 5.39 Å². The number of nitrogens with zero attached hydrogens (tertiary/aromatic N) is 3. The van der Waals surface area contributed by atoms with E-state index < -0.39 is 24.7 Å². The molecule has 5 nitrogen and oxygen atoms in total. The minimum absolute atomic E-state index is 0.102. The second kappa shape index (κ2) is 6.37. The molecule has 0 aromatic carbocycles. The van der Waals surface area contributed by atoms with Crippen LogP contribution in [0.1, 0.15) is 35.5 Å². The molecule has 3 heterocycles. The third-order valence-electron chi connectivity index (χ3n) is 4.91. The van der Waals surface area contributed by atoms with Crippen LogP contribution in [0, 0.1) is 6.92 Å². The number of fused-ring (bicyclic) bond motifs is 3. The molecule has 1 aliphatic heterocycles. The molecule has 4 rings (SSSR count). The number of hydrogen-bond acceptors (Lipinski definition) is 5. The highest BCUT2D eigenvalue weighted by Crippen LogP contribution is 2.39. The van der Waals surface area contributed by atoms with Crippen molar-refractivity contribution in [1.82, 2.24) is 14.9 Å². The third-order valence-corrected chi connectivity index (χ3v) is 6.09. The Morgan fingerprint density at radius 2 is 2.04 bits per heavy atom. The van der Waals surface area contributed by atoms with Gasteiger partial charge in [-0.05, 0) is 44.6 Å². The second-order valence-corrected chi connectivity index (χ2v) is 7.95. The number of carbonyl (C=O) groups excluding carboxylic acids is 1. The van der Waals surface area contributed by atoms with Crippen molar-refractivity contribution in [3.63, 3.8) is 0 Å². The number of aryl methyl sites for hydroxylation is 3. The zero-order valence-corrected chi connectivity index (χ0v) is 15.1. The molecule has 1 atom stereocenters. The molecular weight excluding hydrogens is 365 g/mol. The lowest BCUT2D eigenvalue weighted by atomic mass is 9.97. The highest BCUT2D eigenvalue weighted by Gasteiger charge is 2.39. The minimum atomic E-state index is -4.38. The summed E-state index contributed by atoms with van der Waals surface area (Å²) in [7, 11) is 0. The van der Waals surface area contributed by atoms with Crippen LogP contribution in [0.5, 0.6) is 0 Å². The molecule has 2 aliphatic rings. The Labute approximate surface area is 152 Å². The van der Waals surface area contributed by atoms with Gasteiger partial charge in [-0.1, -0.05) is 0 Å². The van der Waals surface area contributed by atoms with Crippen molar-refractivity contribution in [2.24, 2.45) is 0 Å². The van der Waals surface area contributed by atoms with Gasteiger partial charge < -0.3 is 10.2 Å². The van der Waals surface area contributed by atoms with E-state index in [0.29, 0.717) is 18.1 Å². The highest BCUT2D eigenvalue weighted by molar-refractivity contribution is 7.19. The molecule has 0 saturated carbocycles. The van der Waals surface area contributed by atoms with Crippen molar-refractivity contribution in [2.75, 3.05) is 18.4 Å². The number of thiophene rings is 1. The number of carbonyl (C=O) groups is 1. The molecule has 9 heteroatoms. The number of amides is 1. The van der Waals surface area contributed by atoms with Crippen LogP contribution in [0.4, 0.5) is 19.0 Å². The second-order valence-electron chi connectivity index (χ2n) is 6.87. The van der Waals surface area contributed by atoms with Gasteiger partial charge in [0.2, 0.25) is 5.91 Å².